The largest absolute Gasteiger partial charge is 0.472 e. The highest BCUT2D eigenvalue weighted by atomic mass is 16.3. The van der Waals surface area contributed by atoms with E-state index >= 15 is 0 Å². The minimum Gasteiger partial charge on any atom is -0.472 e. The van der Waals surface area contributed by atoms with Crippen LogP contribution in [0, 0.1) is 0 Å². The summed E-state index contributed by atoms with van der Waals surface area (Å²) in [5.41, 5.74) is 1.21. The molecule has 1 N–H and O–H groups in total. The van der Waals surface area contributed by atoms with Gasteiger partial charge in [0.15, 0.2) is 0 Å². The van der Waals surface area contributed by atoms with Gasteiger partial charge >= 0.3 is 0 Å². The second-order valence-electron chi connectivity index (χ2n) is 4.31. The van der Waals surface area contributed by atoms with Gasteiger partial charge in [0.2, 0.25) is 0 Å². The number of hydrogen-bond donors (Lipinski definition) is 1. The Morgan fingerprint density at radius 1 is 1.40 bits per heavy atom. The van der Waals surface area contributed by atoms with Crippen molar-refractivity contribution in [2.24, 2.45) is 0 Å². The Bertz CT molecular complexity index is 257. The van der Waals surface area contributed by atoms with Crippen molar-refractivity contribution in [3.05, 3.63) is 24.2 Å². The monoisotopic (exact) mass is 210 g/mol. The third kappa shape index (κ3) is 4.06. The van der Waals surface area contributed by atoms with Crippen molar-refractivity contribution in [3.8, 4) is 0 Å². The molecule has 0 aliphatic rings. The van der Waals surface area contributed by atoms with Crippen LogP contribution in [0.1, 0.15) is 32.4 Å². The molecule has 0 spiro atoms. The highest BCUT2D eigenvalue weighted by Crippen LogP contribution is 2.11. The number of hydrogen-bond acceptors (Lipinski definition) is 3. The van der Waals surface area contributed by atoms with E-state index in [4.69, 9.17) is 4.42 Å². The van der Waals surface area contributed by atoms with E-state index in [0.717, 1.165) is 13.1 Å². The quantitative estimate of drug-likeness (QED) is 0.780. The zero-order valence-electron chi connectivity index (χ0n) is 10.2. The Labute approximate surface area is 92.5 Å². The van der Waals surface area contributed by atoms with Crippen molar-refractivity contribution >= 4 is 0 Å². The second kappa shape index (κ2) is 5.93. The lowest BCUT2D eigenvalue weighted by Crippen LogP contribution is -2.34. The molecule has 1 unspecified atom stereocenters. The van der Waals surface area contributed by atoms with Crippen LogP contribution in [0.5, 0.6) is 0 Å². The molecule has 0 radical (unpaired) electrons. The Balaban J connectivity index is 2.21. The van der Waals surface area contributed by atoms with Crippen LogP contribution in [0.3, 0.4) is 0 Å². The molecule has 15 heavy (non-hydrogen) atoms. The van der Waals surface area contributed by atoms with Crippen LogP contribution in [-0.2, 0) is 0 Å². The van der Waals surface area contributed by atoms with Gasteiger partial charge in [-0.05, 0) is 33.9 Å². The van der Waals surface area contributed by atoms with Gasteiger partial charge in [-0.1, -0.05) is 0 Å². The zero-order chi connectivity index (χ0) is 11.3. The summed E-state index contributed by atoms with van der Waals surface area (Å²) in [4.78, 5) is 2.33. The van der Waals surface area contributed by atoms with E-state index in [9.17, 15) is 0 Å². The topological polar surface area (TPSA) is 28.4 Å². The number of likely N-dealkylation sites (N-methyl/N-ethyl adjacent to an activating group) is 1. The standard InChI is InChI=1S/C12H22N2O/c1-10(2)14(4)7-6-13-11(3)12-5-8-15-9-12/h5,8-11,13H,6-7H2,1-4H3. The van der Waals surface area contributed by atoms with Crippen molar-refractivity contribution in [3.63, 3.8) is 0 Å². The van der Waals surface area contributed by atoms with Gasteiger partial charge in [0.05, 0.1) is 12.5 Å². The number of furan rings is 1. The SMILES string of the molecule is CC(NCCN(C)C(C)C)c1ccoc1. The van der Waals surface area contributed by atoms with Crippen LogP contribution in [0.4, 0.5) is 0 Å². The van der Waals surface area contributed by atoms with Crippen LogP contribution < -0.4 is 5.32 Å². The first-order valence-corrected chi connectivity index (χ1v) is 5.57. The minimum absolute atomic E-state index is 0.365. The van der Waals surface area contributed by atoms with Crippen LogP contribution in [-0.4, -0.2) is 31.1 Å². The summed E-state index contributed by atoms with van der Waals surface area (Å²) in [6.07, 6.45) is 3.51. The molecule has 3 nitrogen and oxygen atoms in total. The first-order chi connectivity index (χ1) is 7.11. The lowest BCUT2D eigenvalue weighted by atomic mass is 10.2. The van der Waals surface area contributed by atoms with Gasteiger partial charge in [-0.25, -0.2) is 0 Å². The van der Waals surface area contributed by atoms with E-state index in [1.807, 2.05) is 6.07 Å². The molecule has 0 aromatic carbocycles. The molecule has 1 atom stereocenters. The molecule has 1 aromatic rings. The normalized spacial score (nSPS) is 13.7. The summed E-state index contributed by atoms with van der Waals surface area (Å²) in [5.74, 6) is 0. The second-order valence-corrected chi connectivity index (χ2v) is 4.31. The van der Waals surface area contributed by atoms with E-state index < -0.39 is 0 Å². The van der Waals surface area contributed by atoms with E-state index in [1.165, 1.54) is 5.56 Å². The van der Waals surface area contributed by atoms with Gasteiger partial charge in [0.1, 0.15) is 0 Å². The predicted molar refractivity (Wildman–Crippen MR) is 62.9 cm³/mol. The summed E-state index contributed by atoms with van der Waals surface area (Å²) in [6.45, 7) is 8.64. The summed E-state index contributed by atoms with van der Waals surface area (Å²) in [7, 11) is 2.15. The minimum atomic E-state index is 0.365. The van der Waals surface area contributed by atoms with Gasteiger partial charge in [-0.2, -0.15) is 0 Å². The lowest BCUT2D eigenvalue weighted by molar-refractivity contribution is 0.270. The third-order valence-electron chi connectivity index (χ3n) is 2.84. The third-order valence-corrected chi connectivity index (χ3v) is 2.84. The van der Waals surface area contributed by atoms with Crippen molar-refractivity contribution in [1.29, 1.82) is 0 Å². The highest BCUT2D eigenvalue weighted by Gasteiger charge is 2.07. The molecular formula is C12H22N2O. The van der Waals surface area contributed by atoms with Crippen LogP contribution in [0.25, 0.3) is 0 Å². The average Bonchev–Trinajstić information content (AvgIpc) is 2.70. The number of rotatable bonds is 6. The predicted octanol–water partition coefficient (Wildman–Crippen LogP) is 2.27. The molecular weight excluding hydrogens is 188 g/mol. The molecule has 86 valence electrons. The smallest absolute Gasteiger partial charge is 0.0950 e. The summed E-state index contributed by atoms with van der Waals surface area (Å²) >= 11 is 0. The maximum atomic E-state index is 5.05. The molecule has 0 saturated heterocycles. The van der Waals surface area contributed by atoms with Crippen LogP contribution in [0.2, 0.25) is 0 Å². The molecule has 0 amide bonds. The Morgan fingerprint density at radius 2 is 2.13 bits per heavy atom. The number of nitrogens with one attached hydrogen (secondary N) is 1. The molecule has 1 heterocycles. The number of nitrogens with zero attached hydrogens (tertiary/aromatic N) is 1. The molecule has 0 aliphatic carbocycles. The maximum Gasteiger partial charge on any atom is 0.0950 e. The molecule has 0 fully saturated rings. The Hall–Kier alpha value is -0.800. The van der Waals surface area contributed by atoms with Gasteiger partial charge in [-0.3, -0.25) is 0 Å². The van der Waals surface area contributed by atoms with Crippen molar-refractivity contribution in [2.45, 2.75) is 32.9 Å². The van der Waals surface area contributed by atoms with Crippen LogP contribution >= 0.6 is 0 Å². The van der Waals surface area contributed by atoms with Gasteiger partial charge in [0.25, 0.3) is 0 Å². The first kappa shape index (κ1) is 12.3. The molecule has 3 heteroatoms. The molecule has 1 rings (SSSR count). The molecule has 1 aromatic heterocycles. The van der Waals surface area contributed by atoms with Crippen LogP contribution in [0.15, 0.2) is 23.0 Å². The van der Waals surface area contributed by atoms with Crippen molar-refractivity contribution < 1.29 is 4.42 Å². The lowest BCUT2D eigenvalue weighted by Gasteiger charge is -2.22. The fourth-order valence-corrected chi connectivity index (χ4v) is 1.35. The fourth-order valence-electron chi connectivity index (χ4n) is 1.35. The average molecular weight is 210 g/mol. The summed E-state index contributed by atoms with van der Waals surface area (Å²) in [5, 5.41) is 3.47. The van der Waals surface area contributed by atoms with Gasteiger partial charge in [0, 0.05) is 30.7 Å². The van der Waals surface area contributed by atoms with E-state index in [1.54, 1.807) is 12.5 Å². The zero-order valence-corrected chi connectivity index (χ0v) is 10.2. The molecule has 0 aliphatic heterocycles. The van der Waals surface area contributed by atoms with Gasteiger partial charge in [-0.15, -0.1) is 0 Å². The Kier molecular flexibility index (Phi) is 4.85. The van der Waals surface area contributed by atoms with E-state index in [2.05, 4.69) is 38.0 Å². The molecule has 0 saturated carbocycles. The van der Waals surface area contributed by atoms with Crippen molar-refractivity contribution in [1.82, 2.24) is 10.2 Å². The molecule has 0 bridgehead atoms. The first-order valence-electron chi connectivity index (χ1n) is 5.57. The van der Waals surface area contributed by atoms with Gasteiger partial charge < -0.3 is 14.6 Å². The van der Waals surface area contributed by atoms with E-state index in [-0.39, 0.29) is 0 Å². The maximum absolute atomic E-state index is 5.05. The fraction of sp³-hybridized carbons (Fsp3) is 0.667. The van der Waals surface area contributed by atoms with Crippen molar-refractivity contribution in [2.75, 3.05) is 20.1 Å². The highest BCUT2D eigenvalue weighted by molar-refractivity contribution is 5.10. The Morgan fingerprint density at radius 3 is 2.67 bits per heavy atom. The summed E-state index contributed by atoms with van der Waals surface area (Å²) < 4.78 is 5.05. The summed E-state index contributed by atoms with van der Waals surface area (Å²) in [6, 6.07) is 2.98. The van der Waals surface area contributed by atoms with E-state index in [0.29, 0.717) is 12.1 Å².